The number of H-pyrrole nitrogens is 1. The van der Waals surface area contributed by atoms with Crippen LogP contribution in [0.5, 0.6) is 0 Å². The summed E-state index contributed by atoms with van der Waals surface area (Å²) in [4.78, 5) is 14.1. The van der Waals surface area contributed by atoms with Crippen molar-refractivity contribution >= 4 is 29.3 Å². The Balaban J connectivity index is 2.57. The van der Waals surface area contributed by atoms with Crippen molar-refractivity contribution in [3.8, 4) is 0 Å². The third-order valence-electron chi connectivity index (χ3n) is 2.32. The van der Waals surface area contributed by atoms with Gasteiger partial charge in [-0.1, -0.05) is 12.1 Å². The highest BCUT2D eigenvalue weighted by Crippen LogP contribution is 2.14. The molecular formula is C10H10BNO3. The number of hydrogen-bond donors (Lipinski definition) is 3. The van der Waals surface area contributed by atoms with Crippen LogP contribution in [0, 0.1) is 0 Å². The standard InChI is InChI=1S/C10H10BNO3/c1-6(13)10-5-7-4-8(11(14)15)2-3-9(7)12-10/h2-5,12,14-15H,1H3. The van der Waals surface area contributed by atoms with Crippen LogP contribution >= 0.6 is 0 Å². The maximum atomic E-state index is 11.1. The van der Waals surface area contributed by atoms with Gasteiger partial charge >= 0.3 is 7.12 Å². The SMILES string of the molecule is CC(=O)c1cc2cc(B(O)O)ccc2[nH]1. The van der Waals surface area contributed by atoms with Crippen LogP contribution < -0.4 is 5.46 Å². The molecule has 1 heterocycles. The lowest BCUT2D eigenvalue weighted by atomic mass is 9.80. The minimum absolute atomic E-state index is 0.0442. The molecule has 2 rings (SSSR count). The normalized spacial score (nSPS) is 10.6. The molecule has 76 valence electrons. The van der Waals surface area contributed by atoms with Crippen LogP contribution in [0.2, 0.25) is 0 Å². The molecule has 3 N–H and O–H groups in total. The van der Waals surface area contributed by atoms with Crippen molar-refractivity contribution in [3.63, 3.8) is 0 Å². The van der Waals surface area contributed by atoms with Crippen LogP contribution in [0.25, 0.3) is 10.9 Å². The molecule has 0 unspecified atom stereocenters. The molecule has 0 aliphatic rings. The van der Waals surface area contributed by atoms with Gasteiger partial charge in [0, 0.05) is 12.4 Å². The summed E-state index contributed by atoms with van der Waals surface area (Å²) in [5, 5.41) is 18.8. The first-order chi connectivity index (χ1) is 7.08. The Kier molecular flexibility index (Phi) is 2.34. The minimum Gasteiger partial charge on any atom is -0.423 e. The van der Waals surface area contributed by atoms with E-state index in [0.29, 0.717) is 11.2 Å². The number of hydrogen-bond acceptors (Lipinski definition) is 3. The van der Waals surface area contributed by atoms with Crippen molar-refractivity contribution in [3.05, 3.63) is 30.0 Å². The molecule has 0 fully saturated rings. The Hall–Kier alpha value is -1.59. The average Bonchev–Trinajstić information content (AvgIpc) is 2.59. The molecule has 0 radical (unpaired) electrons. The maximum absolute atomic E-state index is 11.1. The van der Waals surface area contributed by atoms with E-state index in [4.69, 9.17) is 10.0 Å². The lowest BCUT2D eigenvalue weighted by Gasteiger charge is -1.97. The zero-order valence-corrected chi connectivity index (χ0v) is 8.19. The van der Waals surface area contributed by atoms with Gasteiger partial charge in [-0.05, 0) is 23.0 Å². The Morgan fingerprint density at radius 3 is 2.67 bits per heavy atom. The molecule has 0 bridgehead atoms. The van der Waals surface area contributed by atoms with Crippen molar-refractivity contribution in [2.24, 2.45) is 0 Å². The van der Waals surface area contributed by atoms with Crippen LogP contribution in [0.1, 0.15) is 17.4 Å². The summed E-state index contributed by atoms with van der Waals surface area (Å²) in [6.07, 6.45) is 0. The van der Waals surface area contributed by atoms with E-state index in [1.807, 2.05) is 0 Å². The summed E-state index contributed by atoms with van der Waals surface area (Å²) in [6.45, 7) is 1.48. The topological polar surface area (TPSA) is 73.3 Å². The second-order valence-electron chi connectivity index (χ2n) is 3.46. The second kappa shape index (κ2) is 3.53. The number of aromatic amines is 1. The molecule has 15 heavy (non-hydrogen) atoms. The number of carbonyl (C=O) groups is 1. The zero-order valence-electron chi connectivity index (χ0n) is 8.19. The molecular weight excluding hydrogens is 193 g/mol. The summed E-state index contributed by atoms with van der Waals surface area (Å²) >= 11 is 0. The Bertz CT molecular complexity index is 518. The molecule has 1 aromatic heterocycles. The predicted octanol–water partition coefficient (Wildman–Crippen LogP) is 0.0503. The number of fused-ring (bicyclic) bond motifs is 1. The quantitative estimate of drug-likeness (QED) is 0.476. The fourth-order valence-electron chi connectivity index (χ4n) is 1.50. The molecule has 0 aliphatic heterocycles. The van der Waals surface area contributed by atoms with Crippen LogP contribution in [0.3, 0.4) is 0 Å². The number of ketones is 1. The summed E-state index contributed by atoms with van der Waals surface area (Å²) < 4.78 is 0. The maximum Gasteiger partial charge on any atom is 0.488 e. The van der Waals surface area contributed by atoms with Gasteiger partial charge in [-0.2, -0.15) is 0 Å². The van der Waals surface area contributed by atoms with Crippen LogP contribution in [-0.4, -0.2) is 27.9 Å². The Labute approximate surface area is 86.7 Å². The molecule has 0 saturated heterocycles. The van der Waals surface area contributed by atoms with E-state index in [-0.39, 0.29) is 5.78 Å². The first-order valence-electron chi connectivity index (χ1n) is 4.57. The number of carbonyl (C=O) groups excluding carboxylic acids is 1. The third kappa shape index (κ3) is 1.79. The van der Waals surface area contributed by atoms with Gasteiger partial charge < -0.3 is 15.0 Å². The summed E-state index contributed by atoms with van der Waals surface area (Å²) in [5.74, 6) is -0.0442. The minimum atomic E-state index is -1.48. The Morgan fingerprint density at radius 1 is 1.33 bits per heavy atom. The molecule has 1 aromatic carbocycles. The third-order valence-corrected chi connectivity index (χ3v) is 2.32. The van der Waals surface area contributed by atoms with Gasteiger partial charge in [-0.3, -0.25) is 4.79 Å². The highest BCUT2D eigenvalue weighted by atomic mass is 16.4. The number of rotatable bonds is 2. The number of benzene rings is 1. The van der Waals surface area contributed by atoms with Gasteiger partial charge in [0.15, 0.2) is 5.78 Å². The van der Waals surface area contributed by atoms with E-state index in [1.165, 1.54) is 6.92 Å². The number of nitrogens with one attached hydrogen (secondary N) is 1. The first kappa shape index (κ1) is 9.95. The van der Waals surface area contributed by atoms with Gasteiger partial charge in [0.2, 0.25) is 0 Å². The summed E-state index contributed by atoms with van der Waals surface area (Å²) in [5.41, 5.74) is 1.75. The lowest BCUT2D eigenvalue weighted by molar-refractivity contribution is 0.101. The van der Waals surface area contributed by atoms with Crippen molar-refractivity contribution in [1.29, 1.82) is 0 Å². The van der Waals surface area contributed by atoms with Crippen LogP contribution in [0.4, 0.5) is 0 Å². The molecule has 0 spiro atoms. The summed E-state index contributed by atoms with van der Waals surface area (Å²) in [7, 11) is -1.48. The molecule has 5 heteroatoms. The van der Waals surface area contributed by atoms with Crippen molar-refractivity contribution in [2.45, 2.75) is 6.92 Å². The highest BCUT2D eigenvalue weighted by Gasteiger charge is 2.12. The van der Waals surface area contributed by atoms with Gasteiger partial charge in [0.25, 0.3) is 0 Å². The van der Waals surface area contributed by atoms with Gasteiger partial charge in [0.05, 0.1) is 5.69 Å². The number of aromatic nitrogens is 1. The van der Waals surface area contributed by atoms with E-state index in [9.17, 15) is 4.79 Å². The molecule has 0 saturated carbocycles. The summed E-state index contributed by atoms with van der Waals surface area (Å²) in [6, 6.07) is 6.66. The zero-order chi connectivity index (χ0) is 11.0. The van der Waals surface area contributed by atoms with E-state index in [2.05, 4.69) is 4.98 Å². The van der Waals surface area contributed by atoms with Crippen LogP contribution in [-0.2, 0) is 0 Å². The average molecular weight is 203 g/mol. The fourth-order valence-corrected chi connectivity index (χ4v) is 1.50. The van der Waals surface area contributed by atoms with Crippen molar-refractivity contribution < 1.29 is 14.8 Å². The molecule has 4 nitrogen and oxygen atoms in total. The lowest BCUT2D eigenvalue weighted by Crippen LogP contribution is -2.29. The second-order valence-corrected chi connectivity index (χ2v) is 3.46. The monoisotopic (exact) mass is 203 g/mol. The first-order valence-corrected chi connectivity index (χ1v) is 4.57. The van der Waals surface area contributed by atoms with Gasteiger partial charge in [-0.15, -0.1) is 0 Å². The smallest absolute Gasteiger partial charge is 0.423 e. The number of Topliss-reactive ketones (excluding diaryl/α,β-unsaturated/α-hetero) is 1. The van der Waals surface area contributed by atoms with E-state index in [0.717, 1.165) is 10.9 Å². The fraction of sp³-hybridized carbons (Fsp3) is 0.100. The molecule has 0 amide bonds. The van der Waals surface area contributed by atoms with Crippen LogP contribution in [0.15, 0.2) is 24.3 Å². The van der Waals surface area contributed by atoms with Crippen molar-refractivity contribution in [2.75, 3.05) is 0 Å². The van der Waals surface area contributed by atoms with E-state index < -0.39 is 7.12 Å². The molecule has 2 aromatic rings. The highest BCUT2D eigenvalue weighted by molar-refractivity contribution is 6.58. The van der Waals surface area contributed by atoms with Crippen molar-refractivity contribution in [1.82, 2.24) is 4.98 Å². The largest absolute Gasteiger partial charge is 0.488 e. The molecule has 0 atom stereocenters. The predicted molar refractivity (Wildman–Crippen MR) is 58.1 cm³/mol. The molecule has 0 aliphatic carbocycles. The van der Waals surface area contributed by atoms with Gasteiger partial charge in [0.1, 0.15) is 0 Å². The Morgan fingerprint density at radius 2 is 2.07 bits per heavy atom. The van der Waals surface area contributed by atoms with E-state index in [1.54, 1.807) is 24.3 Å². The van der Waals surface area contributed by atoms with E-state index >= 15 is 0 Å². The van der Waals surface area contributed by atoms with Gasteiger partial charge in [-0.25, -0.2) is 0 Å².